The quantitative estimate of drug-likeness (QED) is 0.775. The highest BCUT2D eigenvalue weighted by Gasteiger charge is 2.16. The van der Waals surface area contributed by atoms with Crippen LogP contribution in [0.25, 0.3) is 0 Å². The first-order valence-electron chi connectivity index (χ1n) is 6.03. The third-order valence-corrected chi connectivity index (χ3v) is 3.06. The molecule has 1 aromatic heterocycles. The normalized spacial score (nSPS) is 15.2. The summed E-state index contributed by atoms with van der Waals surface area (Å²) in [4.78, 5) is 15.2. The predicted octanol–water partition coefficient (Wildman–Crippen LogP) is 1.26. The van der Waals surface area contributed by atoms with Gasteiger partial charge in [-0.05, 0) is 24.5 Å². The van der Waals surface area contributed by atoms with E-state index in [9.17, 15) is 0 Å². The molecule has 0 fully saturated rings. The summed E-state index contributed by atoms with van der Waals surface area (Å²) < 4.78 is 0. The zero-order chi connectivity index (χ0) is 13.5. The lowest BCUT2D eigenvalue weighted by Gasteiger charge is -2.27. The van der Waals surface area contributed by atoms with Crippen LogP contribution < -0.4 is 4.90 Å². The number of aliphatic hydroxyl groups is 1. The Morgan fingerprint density at radius 2 is 2.22 bits per heavy atom. The summed E-state index contributed by atoms with van der Waals surface area (Å²) in [7, 11) is 2.08. The second-order valence-corrected chi connectivity index (χ2v) is 4.43. The third-order valence-electron chi connectivity index (χ3n) is 3.06. The van der Waals surface area contributed by atoms with Crippen molar-refractivity contribution in [3.8, 4) is 0 Å². The Kier molecular flexibility index (Phi) is 5.58. The molecular weight excluding hydrogens is 232 g/mol. The number of hydrogen-bond donors (Lipinski definition) is 2. The van der Waals surface area contributed by atoms with Crippen LogP contribution in [0.15, 0.2) is 12.1 Å². The van der Waals surface area contributed by atoms with Gasteiger partial charge in [-0.15, -0.1) is 0 Å². The van der Waals surface area contributed by atoms with Crippen molar-refractivity contribution in [2.45, 2.75) is 25.7 Å². The number of aromatic nitrogens is 1. The van der Waals surface area contributed by atoms with Crippen LogP contribution in [0.3, 0.4) is 0 Å². The van der Waals surface area contributed by atoms with E-state index in [2.05, 4.69) is 23.0 Å². The lowest BCUT2D eigenvalue weighted by Crippen LogP contribution is -2.26. The number of carbonyl (C=O) groups is 1. The van der Waals surface area contributed by atoms with E-state index < -0.39 is 0 Å². The van der Waals surface area contributed by atoms with Crippen LogP contribution in [-0.4, -0.2) is 41.9 Å². The van der Waals surface area contributed by atoms with Crippen LogP contribution in [0.1, 0.15) is 30.5 Å². The van der Waals surface area contributed by atoms with Crippen molar-refractivity contribution in [3.63, 3.8) is 0 Å². The maximum absolute atomic E-state index is 9.10. The summed E-state index contributed by atoms with van der Waals surface area (Å²) in [6.07, 6.45) is 2.33. The molecule has 18 heavy (non-hydrogen) atoms. The SMILES string of the molecule is CC(CO)c1ccc2c(n1)N(C)CCC2.O=CO. The number of carboxylic acid groups (broad SMARTS) is 1. The lowest BCUT2D eigenvalue weighted by atomic mass is 10.0. The van der Waals surface area contributed by atoms with E-state index in [0.717, 1.165) is 24.5 Å². The van der Waals surface area contributed by atoms with Crippen molar-refractivity contribution < 1.29 is 15.0 Å². The molecule has 2 heterocycles. The van der Waals surface area contributed by atoms with Gasteiger partial charge >= 0.3 is 0 Å². The Labute approximate surface area is 107 Å². The Bertz CT molecular complexity index is 396. The van der Waals surface area contributed by atoms with Gasteiger partial charge in [0.25, 0.3) is 6.47 Å². The third kappa shape index (κ3) is 3.43. The molecule has 5 heteroatoms. The van der Waals surface area contributed by atoms with Gasteiger partial charge in [-0.1, -0.05) is 13.0 Å². The molecular formula is C13H20N2O3. The number of pyridine rings is 1. The summed E-state index contributed by atoms with van der Waals surface area (Å²) in [5.41, 5.74) is 2.32. The minimum absolute atomic E-state index is 0.130. The molecule has 100 valence electrons. The van der Waals surface area contributed by atoms with E-state index >= 15 is 0 Å². The molecule has 0 bridgehead atoms. The first-order valence-corrected chi connectivity index (χ1v) is 6.03. The molecule has 1 atom stereocenters. The number of rotatable bonds is 2. The van der Waals surface area contributed by atoms with E-state index in [1.807, 2.05) is 13.0 Å². The maximum Gasteiger partial charge on any atom is 0.290 e. The van der Waals surface area contributed by atoms with Crippen molar-refractivity contribution in [1.29, 1.82) is 0 Å². The lowest BCUT2D eigenvalue weighted by molar-refractivity contribution is -0.122. The highest BCUT2D eigenvalue weighted by molar-refractivity contribution is 5.49. The number of nitrogens with zero attached hydrogens (tertiary/aromatic N) is 2. The van der Waals surface area contributed by atoms with Gasteiger partial charge in [0.05, 0.1) is 6.61 Å². The van der Waals surface area contributed by atoms with Crippen molar-refractivity contribution in [1.82, 2.24) is 4.98 Å². The molecule has 5 nitrogen and oxygen atoms in total. The summed E-state index contributed by atoms with van der Waals surface area (Å²) in [6, 6.07) is 4.19. The largest absolute Gasteiger partial charge is 0.483 e. The van der Waals surface area contributed by atoms with E-state index in [0.29, 0.717) is 0 Å². The molecule has 0 spiro atoms. The van der Waals surface area contributed by atoms with Gasteiger partial charge < -0.3 is 15.1 Å². The highest BCUT2D eigenvalue weighted by Crippen LogP contribution is 2.25. The first kappa shape index (κ1) is 14.4. The molecule has 0 saturated carbocycles. The van der Waals surface area contributed by atoms with Crippen LogP contribution in [-0.2, 0) is 11.2 Å². The van der Waals surface area contributed by atoms with Crippen LogP contribution in [0.5, 0.6) is 0 Å². The molecule has 2 N–H and O–H groups in total. The van der Waals surface area contributed by atoms with Crippen molar-refractivity contribution in [3.05, 3.63) is 23.4 Å². The Hall–Kier alpha value is -1.62. The number of aryl methyl sites for hydroxylation is 1. The fourth-order valence-electron chi connectivity index (χ4n) is 2.00. The summed E-state index contributed by atoms with van der Waals surface area (Å²) in [5.74, 6) is 1.23. The standard InChI is InChI=1S/C12H18N2O.CH2O2/c1-9(8-15)11-6-5-10-4-3-7-14(2)12(10)13-11;2-1-3/h5-6,9,15H,3-4,7-8H2,1-2H3;1H,(H,2,3). The predicted molar refractivity (Wildman–Crippen MR) is 70.0 cm³/mol. The molecule has 1 aromatic rings. The molecule has 1 unspecified atom stereocenters. The van der Waals surface area contributed by atoms with Crippen LogP contribution in [0.4, 0.5) is 5.82 Å². The summed E-state index contributed by atoms with van der Waals surface area (Å²) in [5, 5.41) is 16.0. The topological polar surface area (TPSA) is 73.7 Å². The first-order chi connectivity index (χ1) is 8.63. The number of fused-ring (bicyclic) bond motifs is 1. The fraction of sp³-hybridized carbons (Fsp3) is 0.538. The van der Waals surface area contributed by atoms with E-state index in [-0.39, 0.29) is 19.0 Å². The van der Waals surface area contributed by atoms with E-state index in [1.54, 1.807) is 0 Å². The van der Waals surface area contributed by atoms with Crippen molar-refractivity contribution >= 4 is 12.3 Å². The molecule has 0 aromatic carbocycles. The summed E-state index contributed by atoms with van der Waals surface area (Å²) >= 11 is 0. The Morgan fingerprint density at radius 1 is 1.56 bits per heavy atom. The van der Waals surface area contributed by atoms with E-state index in [4.69, 9.17) is 15.0 Å². The van der Waals surface area contributed by atoms with E-state index in [1.165, 1.54) is 12.0 Å². The zero-order valence-corrected chi connectivity index (χ0v) is 10.8. The summed E-state index contributed by atoms with van der Waals surface area (Å²) in [6.45, 7) is 2.99. The van der Waals surface area contributed by atoms with Gasteiger partial charge in [0.2, 0.25) is 0 Å². The molecule has 0 saturated heterocycles. The molecule has 0 radical (unpaired) electrons. The minimum Gasteiger partial charge on any atom is -0.483 e. The number of hydrogen-bond acceptors (Lipinski definition) is 4. The van der Waals surface area contributed by atoms with Crippen LogP contribution in [0.2, 0.25) is 0 Å². The number of aliphatic hydroxyl groups excluding tert-OH is 1. The average Bonchev–Trinajstić information content (AvgIpc) is 2.39. The van der Waals surface area contributed by atoms with Crippen LogP contribution in [0, 0.1) is 0 Å². The van der Waals surface area contributed by atoms with Crippen molar-refractivity contribution in [2.75, 3.05) is 25.1 Å². The average molecular weight is 252 g/mol. The molecule has 0 amide bonds. The maximum atomic E-state index is 9.10. The molecule has 2 rings (SSSR count). The van der Waals surface area contributed by atoms with Gasteiger partial charge in [-0.3, -0.25) is 4.79 Å². The second kappa shape index (κ2) is 6.96. The monoisotopic (exact) mass is 252 g/mol. The van der Waals surface area contributed by atoms with Gasteiger partial charge in [0.15, 0.2) is 0 Å². The van der Waals surface area contributed by atoms with Gasteiger partial charge in [0.1, 0.15) is 5.82 Å². The minimum atomic E-state index is -0.250. The zero-order valence-electron chi connectivity index (χ0n) is 10.8. The molecule has 1 aliphatic rings. The number of anilines is 1. The Balaban J connectivity index is 0.000000492. The van der Waals surface area contributed by atoms with Crippen LogP contribution >= 0.6 is 0 Å². The van der Waals surface area contributed by atoms with Gasteiger partial charge in [-0.2, -0.15) is 0 Å². The smallest absolute Gasteiger partial charge is 0.290 e. The fourth-order valence-corrected chi connectivity index (χ4v) is 2.00. The molecule has 1 aliphatic heterocycles. The highest BCUT2D eigenvalue weighted by atomic mass is 16.3. The van der Waals surface area contributed by atoms with Gasteiger partial charge in [-0.25, -0.2) is 4.98 Å². The van der Waals surface area contributed by atoms with Crippen molar-refractivity contribution in [2.24, 2.45) is 0 Å². The Morgan fingerprint density at radius 3 is 2.83 bits per heavy atom. The van der Waals surface area contributed by atoms with Gasteiger partial charge in [0, 0.05) is 25.2 Å². The second-order valence-electron chi connectivity index (χ2n) is 4.43. The molecule has 0 aliphatic carbocycles.